The molecule has 0 amide bonds. The molecule has 0 unspecified atom stereocenters. The van der Waals surface area contributed by atoms with E-state index in [-0.39, 0.29) is 5.41 Å². The standard InChI is InChI=1S/C18H22O3/c1-4-15-5-7-16(8-6-15)18-19-11-17(12-20-18,13-21-18)10-9-14(2)3/h1,5-8,14H,9-13H2,2-3H3. The van der Waals surface area contributed by atoms with E-state index in [1.165, 1.54) is 6.42 Å². The van der Waals surface area contributed by atoms with E-state index in [0.717, 1.165) is 17.5 Å². The molecule has 3 saturated heterocycles. The van der Waals surface area contributed by atoms with E-state index in [1.807, 2.05) is 24.3 Å². The van der Waals surface area contributed by atoms with Gasteiger partial charge in [-0.1, -0.05) is 26.2 Å². The molecule has 4 rings (SSSR count). The monoisotopic (exact) mass is 286 g/mol. The number of ether oxygens (including phenoxy) is 3. The third kappa shape index (κ3) is 2.72. The van der Waals surface area contributed by atoms with Gasteiger partial charge in [0.2, 0.25) is 0 Å². The van der Waals surface area contributed by atoms with Crippen molar-refractivity contribution < 1.29 is 14.2 Å². The molecule has 1 aromatic rings. The van der Waals surface area contributed by atoms with Crippen molar-refractivity contribution in [3.63, 3.8) is 0 Å². The molecule has 112 valence electrons. The summed E-state index contributed by atoms with van der Waals surface area (Å²) in [4.78, 5) is 0. The number of hydrogen-bond donors (Lipinski definition) is 0. The Kier molecular flexibility index (Phi) is 3.79. The van der Waals surface area contributed by atoms with E-state index < -0.39 is 5.97 Å². The summed E-state index contributed by atoms with van der Waals surface area (Å²) < 4.78 is 17.9. The quantitative estimate of drug-likeness (QED) is 0.795. The summed E-state index contributed by atoms with van der Waals surface area (Å²) >= 11 is 0. The van der Waals surface area contributed by atoms with Crippen LogP contribution in [0.2, 0.25) is 0 Å². The summed E-state index contributed by atoms with van der Waals surface area (Å²) in [5.41, 5.74) is 1.73. The van der Waals surface area contributed by atoms with E-state index in [1.54, 1.807) is 0 Å². The molecular weight excluding hydrogens is 264 g/mol. The SMILES string of the molecule is C#Cc1ccc(C23OCC(CCC(C)C)(CO2)CO3)cc1. The second kappa shape index (κ2) is 5.46. The van der Waals surface area contributed by atoms with Crippen LogP contribution in [-0.4, -0.2) is 19.8 Å². The van der Waals surface area contributed by atoms with Crippen LogP contribution < -0.4 is 0 Å². The van der Waals surface area contributed by atoms with Crippen molar-refractivity contribution >= 4 is 0 Å². The van der Waals surface area contributed by atoms with Gasteiger partial charge in [0.25, 0.3) is 0 Å². The fourth-order valence-electron chi connectivity index (χ4n) is 2.83. The Labute approximate surface area is 126 Å². The Bertz CT molecular complexity index is 514. The van der Waals surface area contributed by atoms with E-state index in [0.29, 0.717) is 25.7 Å². The molecule has 0 spiro atoms. The lowest BCUT2D eigenvalue weighted by Crippen LogP contribution is -2.58. The lowest BCUT2D eigenvalue weighted by atomic mass is 9.81. The number of terminal acetylenes is 1. The molecule has 3 fully saturated rings. The highest BCUT2D eigenvalue weighted by molar-refractivity contribution is 5.35. The zero-order chi connectivity index (χ0) is 14.9. The maximum Gasteiger partial charge on any atom is 0.312 e. The first kappa shape index (κ1) is 14.6. The summed E-state index contributed by atoms with van der Waals surface area (Å²) in [7, 11) is 0. The average molecular weight is 286 g/mol. The smallest absolute Gasteiger partial charge is 0.312 e. The lowest BCUT2D eigenvalue weighted by Gasteiger charge is -2.52. The average Bonchev–Trinajstić information content (AvgIpc) is 2.55. The number of rotatable bonds is 4. The van der Waals surface area contributed by atoms with Gasteiger partial charge >= 0.3 is 5.97 Å². The fraction of sp³-hybridized carbons (Fsp3) is 0.556. The van der Waals surface area contributed by atoms with Gasteiger partial charge in [-0.15, -0.1) is 6.42 Å². The number of hydrogen-bond acceptors (Lipinski definition) is 3. The van der Waals surface area contributed by atoms with Crippen molar-refractivity contribution in [2.24, 2.45) is 11.3 Å². The summed E-state index contributed by atoms with van der Waals surface area (Å²) in [5.74, 6) is 2.26. The van der Waals surface area contributed by atoms with Crippen LogP contribution in [-0.2, 0) is 20.2 Å². The normalized spacial score (nSPS) is 31.3. The first-order valence-corrected chi connectivity index (χ1v) is 7.57. The molecule has 0 saturated carbocycles. The highest BCUT2D eigenvalue weighted by Crippen LogP contribution is 2.46. The van der Waals surface area contributed by atoms with Crippen molar-refractivity contribution in [2.45, 2.75) is 32.7 Å². The van der Waals surface area contributed by atoms with Crippen LogP contribution in [0.1, 0.15) is 37.8 Å². The van der Waals surface area contributed by atoms with Crippen molar-refractivity contribution in [1.29, 1.82) is 0 Å². The Morgan fingerprint density at radius 3 is 2.14 bits per heavy atom. The van der Waals surface area contributed by atoms with Gasteiger partial charge in [0, 0.05) is 16.5 Å². The fourth-order valence-corrected chi connectivity index (χ4v) is 2.83. The van der Waals surface area contributed by atoms with Crippen LogP contribution in [0.15, 0.2) is 24.3 Å². The van der Waals surface area contributed by atoms with Crippen LogP contribution in [0.4, 0.5) is 0 Å². The van der Waals surface area contributed by atoms with E-state index in [4.69, 9.17) is 20.6 Å². The summed E-state index contributed by atoms with van der Waals surface area (Å²) in [5, 5.41) is 0. The maximum atomic E-state index is 5.96. The molecule has 3 aliphatic heterocycles. The minimum atomic E-state index is -1.04. The third-order valence-electron chi connectivity index (χ3n) is 4.36. The van der Waals surface area contributed by atoms with Crippen LogP contribution in [0, 0.1) is 23.7 Å². The van der Waals surface area contributed by atoms with Crippen LogP contribution in [0.3, 0.4) is 0 Å². The molecule has 0 aromatic heterocycles. The molecule has 0 aliphatic carbocycles. The number of benzene rings is 1. The van der Waals surface area contributed by atoms with E-state index >= 15 is 0 Å². The maximum absolute atomic E-state index is 5.96. The first-order valence-electron chi connectivity index (χ1n) is 7.57. The van der Waals surface area contributed by atoms with Crippen molar-refractivity contribution in [1.82, 2.24) is 0 Å². The molecular formula is C18H22O3. The van der Waals surface area contributed by atoms with Crippen LogP contribution in [0.5, 0.6) is 0 Å². The Morgan fingerprint density at radius 1 is 1.10 bits per heavy atom. The van der Waals surface area contributed by atoms with Gasteiger partial charge in [-0.3, -0.25) is 0 Å². The summed E-state index contributed by atoms with van der Waals surface area (Å²) in [6, 6.07) is 7.61. The minimum Gasteiger partial charge on any atom is -0.323 e. The van der Waals surface area contributed by atoms with Gasteiger partial charge in [-0.2, -0.15) is 0 Å². The molecule has 3 aliphatic rings. The van der Waals surface area contributed by atoms with Gasteiger partial charge in [0.1, 0.15) is 0 Å². The Morgan fingerprint density at radius 2 is 1.67 bits per heavy atom. The minimum absolute atomic E-state index is 0.0186. The Balaban J connectivity index is 1.72. The third-order valence-corrected chi connectivity index (χ3v) is 4.36. The molecule has 3 nitrogen and oxygen atoms in total. The zero-order valence-corrected chi connectivity index (χ0v) is 12.7. The van der Waals surface area contributed by atoms with Crippen LogP contribution >= 0.6 is 0 Å². The second-order valence-corrected chi connectivity index (χ2v) is 6.58. The van der Waals surface area contributed by atoms with Crippen LogP contribution in [0.25, 0.3) is 0 Å². The largest absolute Gasteiger partial charge is 0.323 e. The predicted molar refractivity (Wildman–Crippen MR) is 80.4 cm³/mol. The highest BCUT2D eigenvalue weighted by atomic mass is 16.9. The lowest BCUT2D eigenvalue weighted by molar-refractivity contribution is -0.480. The van der Waals surface area contributed by atoms with Gasteiger partial charge < -0.3 is 14.2 Å². The van der Waals surface area contributed by atoms with E-state index in [2.05, 4.69) is 19.8 Å². The van der Waals surface area contributed by atoms with Gasteiger partial charge in [0.05, 0.1) is 19.8 Å². The molecule has 2 bridgehead atoms. The predicted octanol–water partition coefficient (Wildman–Crippen LogP) is 3.28. The van der Waals surface area contributed by atoms with Gasteiger partial charge in [-0.05, 0) is 36.6 Å². The molecule has 0 atom stereocenters. The zero-order valence-electron chi connectivity index (χ0n) is 12.7. The summed E-state index contributed by atoms with van der Waals surface area (Å²) in [6.45, 7) is 6.55. The number of fused-ring (bicyclic) bond motifs is 3. The summed E-state index contributed by atoms with van der Waals surface area (Å²) in [6.07, 6.45) is 7.63. The topological polar surface area (TPSA) is 27.7 Å². The van der Waals surface area contributed by atoms with E-state index in [9.17, 15) is 0 Å². The van der Waals surface area contributed by atoms with Gasteiger partial charge in [-0.25, -0.2) is 0 Å². The molecule has 3 heterocycles. The van der Waals surface area contributed by atoms with Crippen molar-refractivity contribution in [3.8, 4) is 12.3 Å². The first-order chi connectivity index (χ1) is 10.1. The second-order valence-electron chi connectivity index (χ2n) is 6.58. The molecule has 21 heavy (non-hydrogen) atoms. The van der Waals surface area contributed by atoms with Crippen molar-refractivity contribution in [3.05, 3.63) is 35.4 Å². The van der Waals surface area contributed by atoms with Crippen molar-refractivity contribution in [2.75, 3.05) is 19.8 Å². The molecule has 0 radical (unpaired) electrons. The van der Waals surface area contributed by atoms with Gasteiger partial charge in [0.15, 0.2) is 0 Å². The molecule has 0 N–H and O–H groups in total. The molecule has 1 aromatic carbocycles. The molecule has 3 heteroatoms. The highest BCUT2D eigenvalue weighted by Gasteiger charge is 2.53. The Hall–Kier alpha value is -1.34.